The Kier molecular flexibility index (Phi) is 5.57. The number of allylic oxidation sites excluding steroid dienone is 2. The Bertz CT molecular complexity index is 1970. The minimum Gasteiger partial charge on any atom is -0.454 e. The lowest BCUT2D eigenvalue weighted by Gasteiger charge is -2.39. The van der Waals surface area contributed by atoms with Crippen molar-refractivity contribution in [1.29, 1.82) is 0 Å². The van der Waals surface area contributed by atoms with E-state index in [2.05, 4.69) is 0 Å². The first-order valence-corrected chi connectivity index (χ1v) is 15.4. The van der Waals surface area contributed by atoms with Crippen molar-refractivity contribution in [2.45, 2.75) is 10.8 Å². The first-order valence-electron chi connectivity index (χ1n) is 15.4. The Balaban J connectivity index is 1.42. The van der Waals surface area contributed by atoms with Gasteiger partial charge in [0.2, 0.25) is 18.6 Å². The number of ether oxygens (including phenoxy) is 2. The Morgan fingerprint density at radius 2 is 0.957 bits per heavy atom. The molecule has 4 aliphatic rings. The lowest BCUT2D eigenvalue weighted by atomic mass is 9.59. The SMILES string of the molecule is O=C1[C@H]2[C@H](C(=O)N1c1ccc3c(c1)OCO3)[C@@]1(c3ccccc3)C(=O)[C@@]2(c2ccccc2)C(c2ccccc2)=C1c1ccccc1. The minimum absolute atomic E-state index is 0.0689. The van der Waals surface area contributed by atoms with E-state index in [1.165, 1.54) is 4.90 Å². The summed E-state index contributed by atoms with van der Waals surface area (Å²) in [5.41, 5.74) is 2.15. The van der Waals surface area contributed by atoms with Crippen molar-refractivity contribution in [2.24, 2.45) is 11.8 Å². The topological polar surface area (TPSA) is 72.9 Å². The predicted molar refractivity (Wildman–Crippen MR) is 173 cm³/mol. The van der Waals surface area contributed by atoms with E-state index < -0.39 is 34.5 Å². The van der Waals surface area contributed by atoms with Gasteiger partial charge < -0.3 is 9.47 Å². The van der Waals surface area contributed by atoms with Crippen LogP contribution in [0.15, 0.2) is 140 Å². The standard InChI is InChI=1S/C40H27NO5/c42-36-34-35(37(43)41(36)29-21-22-30-31(23-29)46-24-45-30)40(28-19-11-4-12-20-28)33(26-15-7-2-8-16-26)32(25-13-5-1-6-14-25)39(34,38(40)44)27-17-9-3-10-18-27/h1-23,34-35H,24H2/t34-,35-,39+,40+/m1/s1. The fourth-order valence-electron chi connectivity index (χ4n) is 8.61. The van der Waals surface area contributed by atoms with E-state index >= 15 is 14.4 Å². The van der Waals surface area contributed by atoms with Gasteiger partial charge in [-0.05, 0) is 45.5 Å². The zero-order valence-corrected chi connectivity index (χ0v) is 24.6. The minimum atomic E-state index is -1.44. The number of fused-ring (bicyclic) bond motifs is 6. The van der Waals surface area contributed by atoms with Gasteiger partial charge in [0, 0.05) is 6.07 Å². The van der Waals surface area contributed by atoms with Crippen LogP contribution in [0.5, 0.6) is 11.5 Å². The number of imide groups is 1. The number of hydrogen-bond acceptors (Lipinski definition) is 5. The van der Waals surface area contributed by atoms with Crippen LogP contribution in [0.1, 0.15) is 22.3 Å². The quantitative estimate of drug-likeness (QED) is 0.212. The summed E-state index contributed by atoms with van der Waals surface area (Å²) in [6.45, 7) is 0.0689. The summed E-state index contributed by atoms with van der Waals surface area (Å²) in [6.07, 6.45) is 0. The van der Waals surface area contributed by atoms with Gasteiger partial charge in [0.15, 0.2) is 17.3 Å². The number of amides is 2. The Morgan fingerprint density at radius 3 is 1.43 bits per heavy atom. The molecule has 0 spiro atoms. The van der Waals surface area contributed by atoms with Crippen molar-refractivity contribution in [3.05, 3.63) is 162 Å². The summed E-state index contributed by atoms with van der Waals surface area (Å²) in [4.78, 5) is 47.3. The molecule has 6 heteroatoms. The van der Waals surface area contributed by atoms with E-state index in [0.29, 0.717) is 28.3 Å². The summed E-state index contributed by atoms with van der Waals surface area (Å²) < 4.78 is 11.1. The second kappa shape index (κ2) is 9.62. The molecule has 2 amide bonds. The number of ketones is 1. The number of hydrogen-bond donors (Lipinski definition) is 0. The van der Waals surface area contributed by atoms with Gasteiger partial charge in [-0.2, -0.15) is 0 Å². The van der Waals surface area contributed by atoms with Crippen LogP contribution in [-0.2, 0) is 25.2 Å². The average molecular weight is 602 g/mol. The van der Waals surface area contributed by atoms with Crippen LogP contribution in [0.3, 0.4) is 0 Å². The van der Waals surface area contributed by atoms with Crippen molar-refractivity contribution >= 4 is 34.4 Å². The number of nitrogens with zero attached hydrogens (tertiary/aromatic N) is 1. The summed E-state index contributed by atoms with van der Waals surface area (Å²) in [6, 6.07) is 43.9. The number of carbonyl (C=O) groups excluding carboxylic acids is 3. The molecule has 0 radical (unpaired) electrons. The molecule has 0 unspecified atom stereocenters. The molecule has 5 aromatic rings. The van der Waals surface area contributed by atoms with Crippen molar-refractivity contribution in [3.63, 3.8) is 0 Å². The third-order valence-corrected chi connectivity index (χ3v) is 10.2. The van der Waals surface area contributed by atoms with E-state index in [4.69, 9.17) is 9.47 Å². The van der Waals surface area contributed by atoms with Crippen LogP contribution in [0.2, 0.25) is 0 Å². The van der Waals surface area contributed by atoms with Crippen molar-refractivity contribution in [2.75, 3.05) is 11.7 Å². The van der Waals surface area contributed by atoms with Crippen LogP contribution in [0, 0.1) is 11.8 Å². The van der Waals surface area contributed by atoms with Crippen molar-refractivity contribution in [3.8, 4) is 11.5 Å². The molecule has 2 aliphatic carbocycles. The van der Waals surface area contributed by atoms with E-state index in [1.54, 1.807) is 18.2 Å². The van der Waals surface area contributed by atoms with Gasteiger partial charge in [0.1, 0.15) is 0 Å². The number of benzene rings is 5. The maximum Gasteiger partial charge on any atom is 0.239 e. The lowest BCUT2D eigenvalue weighted by molar-refractivity contribution is -0.130. The van der Waals surface area contributed by atoms with Gasteiger partial charge in [-0.15, -0.1) is 0 Å². The molecule has 2 fully saturated rings. The third-order valence-electron chi connectivity index (χ3n) is 10.2. The Labute approximate surface area is 265 Å². The summed E-state index contributed by atoms with van der Waals surface area (Å²) in [5.74, 6) is -1.88. The average Bonchev–Trinajstić information content (AvgIpc) is 3.82. The molecule has 222 valence electrons. The van der Waals surface area contributed by atoms with Crippen molar-refractivity contribution in [1.82, 2.24) is 0 Å². The van der Waals surface area contributed by atoms with Crippen molar-refractivity contribution < 1.29 is 23.9 Å². The molecular formula is C40H27NO5. The van der Waals surface area contributed by atoms with E-state index in [-0.39, 0.29) is 12.6 Å². The lowest BCUT2D eigenvalue weighted by Crippen LogP contribution is -2.45. The Morgan fingerprint density at radius 1 is 0.522 bits per heavy atom. The van der Waals surface area contributed by atoms with Crippen LogP contribution in [0.4, 0.5) is 5.69 Å². The second-order valence-electron chi connectivity index (χ2n) is 12.2. The van der Waals surface area contributed by atoms with Crippen LogP contribution in [-0.4, -0.2) is 24.4 Å². The molecule has 0 aromatic heterocycles. The number of rotatable bonds is 5. The van der Waals surface area contributed by atoms with E-state index in [0.717, 1.165) is 22.3 Å². The first-order chi connectivity index (χ1) is 22.6. The van der Waals surface area contributed by atoms with Gasteiger partial charge in [-0.1, -0.05) is 121 Å². The summed E-state index contributed by atoms with van der Waals surface area (Å²) in [7, 11) is 0. The first kappa shape index (κ1) is 26.6. The molecule has 46 heavy (non-hydrogen) atoms. The molecule has 2 heterocycles. The molecule has 9 rings (SSSR count). The normalized spacial score (nSPS) is 25.8. The highest BCUT2D eigenvalue weighted by Gasteiger charge is 2.82. The van der Waals surface area contributed by atoms with E-state index in [9.17, 15) is 0 Å². The zero-order valence-electron chi connectivity index (χ0n) is 24.6. The van der Waals surface area contributed by atoms with Gasteiger partial charge in [0.05, 0.1) is 28.4 Å². The molecule has 6 nitrogen and oxygen atoms in total. The number of carbonyl (C=O) groups is 3. The largest absolute Gasteiger partial charge is 0.454 e. The molecule has 2 aliphatic heterocycles. The van der Waals surface area contributed by atoms with Crippen LogP contribution < -0.4 is 14.4 Å². The van der Waals surface area contributed by atoms with Crippen LogP contribution in [0.25, 0.3) is 11.1 Å². The highest BCUT2D eigenvalue weighted by Crippen LogP contribution is 2.74. The molecule has 1 saturated heterocycles. The van der Waals surface area contributed by atoms with Gasteiger partial charge in [-0.25, -0.2) is 4.90 Å². The van der Waals surface area contributed by atoms with Gasteiger partial charge in [0.25, 0.3) is 0 Å². The molecule has 0 N–H and O–H groups in total. The smallest absolute Gasteiger partial charge is 0.239 e. The van der Waals surface area contributed by atoms with Crippen LogP contribution >= 0.6 is 0 Å². The molecule has 4 atom stereocenters. The highest BCUT2D eigenvalue weighted by molar-refractivity contribution is 6.39. The fraction of sp³-hybridized carbons (Fsp3) is 0.125. The summed E-state index contributed by atoms with van der Waals surface area (Å²) >= 11 is 0. The zero-order chi connectivity index (χ0) is 31.0. The maximum atomic E-state index is 15.9. The predicted octanol–water partition coefficient (Wildman–Crippen LogP) is 6.60. The highest BCUT2D eigenvalue weighted by atomic mass is 16.7. The fourth-order valence-corrected chi connectivity index (χ4v) is 8.61. The second-order valence-corrected chi connectivity index (χ2v) is 12.2. The molecular weight excluding hydrogens is 574 g/mol. The van der Waals surface area contributed by atoms with E-state index in [1.807, 2.05) is 121 Å². The molecule has 2 bridgehead atoms. The Hall–Kier alpha value is -5.75. The number of Topliss-reactive ketones (excluding diaryl/α,β-unsaturated/α-hetero) is 1. The van der Waals surface area contributed by atoms with Gasteiger partial charge >= 0.3 is 0 Å². The monoisotopic (exact) mass is 601 g/mol. The molecule has 1 saturated carbocycles. The van der Waals surface area contributed by atoms with Gasteiger partial charge in [-0.3, -0.25) is 14.4 Å². The third kappa shape index (κ3) is 3.18. The maximum absolute atomic E-state index is 15.9. The number of anilines is 1. The summed E-state index contributed by atoms with van der Waals surface area (Å²) in [5, 5.41) is 0. The molecule has 5 aromatic carbocycles.